The number of aldehydes is 1. The lowest BCUT2D eigenvalue weighted by atomic mass is 9.89. The molecule has 1 heterocycles. The molecule has 2 amide bonds. The number of oxazole rings is 1. The third kappa shape index (κ3) is 8.20. The Balaban J connectivity index is 1.12. The zero-order valence-electron chi connectivity index (χ0n) is 27.6. The van der Waals surface area contributed by atoms with E-state index in [1.807, 2.05) is 91.0 Å². The minimum atomic E-state index is -1.03. The molecule has 6 rings (SSSR count). The van der Waals surface area contributed by atoms with Gasteiger partial charge >= 0.3 is 17.9 Å². The highest BCUT2D eigenvalue weighted by molar-refractivity contribution is 5.94. The molecule has 0 saturated heterocycles. The van der Waals surface area contributed by atoms with E-state index in [2.05, 4.69) is 5.32 Å². The number of carbonyl (C=O) groups excluding carboxylic acids is 2. The summed E-state index contributed by atoms with van der Waals surface area (Å²) in [6.45, 7) is 0.636. The van der Waals surface area contributed by atoms with Gasteiger partial charge in [0.05, 0.1) is 11.2 Å². The predicted molar refractivity (Wildman–Crippen MR) is 192 cm³/mol. The number of aromatic nitrogens is 1. The lowest BCUT2D eigenvalue weighted by molar-refractivity contribution is 0.112. The molecule has 0 bridgehead atoms. The molecule has 50 heavy (non-hydrogen) atoms. The molecule has 1 aliphatic rings. The van der Waals surface area contributed by atoms with E-state index in [1.165, 1.54) is 4.90 Å². The number of hydrogen-bond donors (Lipinski definition) is 2. The predicted octanol–water partition coefficient (Wildman–Crippen LogP) is 8.29. The largest absolute Gasteiger partial charge is 0.465 e. The number of allylic oxidation sites excluding steroid dienone is 1. The van der Waals surface area contributed by atoms with Crippen molar-refractivity contribution < 1.29 is 28.6 Å². The van der Waals surface area contributed by atoms with Crippen molar-refractivity contribution in [1.82, 2.24) is 9.88 Å². The van der Waals surface area contributed by atoms with Crippen LogP contribution in [0.3, 0.4) is 0 Å². The topological polar surface area (TPSA) is 131 Å². The maximum absolute atomic E-state index is 12.9. The van der Waals surface area contributed by atoms with Crippen LogP contribution in [-0.2, 0) is 17.9 Å². The summed E-state index contributed by atoms with van der Waals surface area (Å²) < 4.78 is 12.3. The second-order valence-corrected chi connectivity index (χ2v) is 12.4. The summed E-state index contributed by atoms with van der Waals surface area (Å²) in [5.41, 5.74) is 5.58. The van der Waals surface area contributed by atoms with Gasteiger partial charge in [0.2, 0.25) is 0 Å². The molecule has 0 aliphatic heterocycles. The van der Waals surface area contributed by atoms with Crippen LogP contribution >= 0.6 is 0 Å². The Labute approximate surface area is 289 Å². The molecule has 1 aromatic heterocycles. The lowest BCUT2D eigenvalue weighted by Crippen LogP contribution is -2.46. The van der Waals surface area contributed by atoms with Gasteiger partial charge in [-0.3, -0.25) is 14.3 Å². The van der Waals surface area contributed by atoms with Crippen LogP contribution in [0.1, 0.15) is 60.0 Å². The lowest BCUT2D eigenvalue weighted by Gasteiger charge is -2.36. The van der Waals surface area contributed by atoms with E-state index in [4.69, 9.17) is 9.15 Å². The summed E-state index contributed by atoms with van der Waals surface area (Å²) in [5.74, 6) is -0.463. The van der Waals surface area contributed by atoms with Crippen LogP contribution in [0.2, 0.25) is 0 Å². The molecule has 5 aromatic rings. The van der Waals surface area contributed by atoms with Gasteiger partial charge in [-0.15, -0.1) is 0 Å². The number of amides is 2. The number of fused-ring (bicyclic) bond motifs is 1. The van der Waals surface area contributed by atoms with Gasteiger partial charge in [-0.2, -0.15) is 0 Å². The van der Waals surface area contributed by atoms with E-state index in [0.29, 0.717) is 73.7 Å². The monoisotopic (exact) mass is 673 g/mol. The fourth-order valence-corrected chi connectivity index (χ4v) is 6.53. The quantitative estimate of drug-likeness (QED) is 0.101. The first-order chi connectivity index (χ1) is 24.4. The molecule has 2 N–H and O–H groups in total. The van der Waals surface area contributed by atoms with Crippen molar-refractivity contribution in [2.75, 3.05) is 4.90 Å². The maximum Gasteiger partial charge on any atom is 0.419 e. The van der Waals surface area contributed by atoms with Crippen LogP contribution in [0.25, 0.3) is 28.3 Å². The van der Waals surface area contributed by atoms with Crippen molar-refractivity contribution in [1.29, 1.82) is 0 Å². The molecule has 10 heteroatoms. The van der Waals surface area contributed by atoms with Crippen LogP contribution in [0.15, 0.2) is 112 Å². The number of hydrogen-bond acceptors (Lipinski definition) is 6. The highest BCUT2D eigenvalue weighted by Crippen LogP contribution is 2.36. The smallest absolute Gasteiger partial charge is 0.419 e. The molecule has 1 saturated carbocycles. The maximum atomic E-state index is 12.9. The number of benzene rings is 4. The molecule has 0 atom stereocenters. The molecule has 0 radical (unpaired) electrons. The second kappa shape index (κ2) is 16.0. The first-order valence-corrected chi connectivity index (χ1v) is 16.8. The van der Waals surface area contributed by atoms with Crippen LogP contribution < -0.4 is 16.0 Å². The van der Waals surface area contributed by atoms with E-state index in [1.54, 1.807) is 22.8 Å². The summed E-state index contributed by atoms with van der Waals surface area (Å²) in [6, 6.07) is 29.6. The van der Waals surface area contributed by atoms with E-state index < -0.39 is 17.9 Å². The zero-order chi connectivity index (χ0) is 34.9. The molecule has 0 spiro atoms. The molecular formula is C40H39N3O7. The number of rotatable bonds is 12. The van der Waals surface area contributed by atoms with Crippen molar-refractivity contribution >= 4 is 41.3 Å². The Hall–Kier alpha value is -5.90. The van der Waals surface area contributed by atoms with Crippen LogP contribution in [0.5, 0.6) is 0 Å². The van der Waals surface area contributed by atoms with Gasteiger partial charge in [0.25, 0.3) is 0 Å². The SMILES string of the molecule is O=Cc1ccc2c(c1)oc(=O)n2CCCC=Cc1ccc(-c2ccccc2)c(N(C(=O)O)[C@H]2CC[C@H](NC(=O)OCc3ccccc3)CC2)c1. The normalized spacial score (nSPS) is 15.9. The van der Waals surface area contributed by atoms with Gasteiger partial charge in [-0.25, -0.2) is 14.4 Å². The van der Waals surface area contributed by atoms with Crippen molar-refractivity contribution in [3.63, 3.8) is 0 Å². The average Bonchev–Trinajstić information content (AvgIpc) is 3.45. The number of carbonyl (C=O) groups is 3. The van der Waals surface area contributed by atoms with Gasteiger partial charge in [0.15, 0.2) is 5.58 Å². The molecule has 1 fully saturated rings. The Morgan fingerprint density at radius 2 is 1.64 bits per heavy atom. The van der Waals surface area contributed by atoms with E-state index >= 15 is 0 Å². The Bertz CT molecular complexity index is 2030. The van der Waals surface area contributed by atoms with Crippen molar-refractivity contribution in [3.8, 4) is 11.1 Å². The molecule has 0 unspecified atom stereocenters. The molecule has 256 valence electrons. The Kier molecular flexibility index (Phi) is 10.9. The fraction of sp³-hybridized carbons (Fsp3) is 0.250. The van der Waals surface area contributed by atoms with Gasteiger partial charge in [0, 0.05) is 29.8 Å². The van der Waals surface area contributed by atoms with Crippen LogP contribution in [0.4, 0.5) is 15.3 Å². The number of carboxylic acid groups (broad SMARTS) is 1. The minimum absolute atomic E-state index is 0.0993. The van der Waals surface area contributed by atoms with Gasteiger partial charge in [-0.05, 0) is 79.5 Å². The van der Waals surface area contributed by atoms with E-state index in [-0.39, 0.29) is 18.7 Å². The minimum Gasteiger partial charge on any atom is -0.465 e. The summed E-state index contributed by atoms with van der Waals surface area (Å²) in [7, 11) is 0. The second-order valence-electron chi connectivity index (χ2n) is 12.4. The number of anilines is 1. The highest BCUT2D eigenvalue weighted by atomic mass is 16.5. The van der Waals surface area contributed by atoms with E-state index in [0.717, 1.165) is 22.3 Å². The zero-order valence-corrected chi connectivity index (χ0v) is 27.6. The highest BCUT2D eigenvalue weighted by Gasteiger charge is 2.32. The van der Waals surface area contributed by atoms with Crippen molar-refractivity contribution in [3.05, 3.63) is 130 Å². The standard InChI is InChI=1S/C40H39N3O7/c44-26-30-16-22-35-37(25-30)50-40(48)42(35)23-9-3-6-10-28-15-21-34(31-13-7-2-8-14-31)36(24-28)43(39(46)47)33-19-17-32(18-20-33)41-38(45)49-27-29-11-4-1-5-12-29/h1-2,4-8,10-16,21-22,24-26,32-33H,3,9,17-20,23,27H2,(H,41,45)(H,46,47)/t32-,33-. The first-order valence-electron chi connectivity index (χ1n) is 16.8. The van der Waals surface area contributed by atoms with Crippen molar-refractivity contribution in [2.24, 2.45) is 0 Å². The molecule has 10 nitrogen and oxygen atoms in total. The molecule has 1 aliphatic carbocycles. The number of alkyl carbamates (subject to hydrolysis) is 1. The fourth-order valence-electron chi connectivity index (χ4n) is 6.53. The van der Waals surface area contributed by atoms with Crippen LogP contribution in [0, 0.1) is 0 Å². The number of ether oxygens (including phenoxy) is 1. The molecular weight excluding hydrogens is 634 g/mol. The summed E-state index contributed by atoms with van der Waals surface area (Å²) >= 11 is 0. The molecule has 4 aromatic carbocycles. The Morgan fingerprint density at radius 1 is 0.920 bits per heavy atom. The summed E-state index contributed by atoms with van der Waals surface area (Å²) in [6.07, 6.45) is 6.96. The summed E-state index contributed by atoms with van der Waals surface area (Å²) in [4.78, 5) is 50.4. The number of unbranched alkanes of at least 4 members (excludes halogenated alkanes) is 1. The third-order valence-electron chi connectivity index (χ3n) is 9.06. The summed E-state index contributed by atoms with van der Waals surface area (Å²) in [5, 5.41) is 13.5. The van der Waals surface area contributed by atoms with Gasteiger partial charge < -0.3 is 19.6 Å². The van der Waals surface area contributed by atoms with Gasteiger partial charge in [-0.1, -0.05) is 84.9 Å². The number of nitrogens with zero attached hydrogens (tertiary/aromatic N) is 2. The Morgan fingerprint density at radius 3 is 2.36 bits per heavy atom. The third-order valence-corrected chi connectivity index (χ3v) is 9.06. The van der Waals surface area contributed by atoms with E-state index in [9.17, 15) is 24.3 Å². The first kappa shape index (κ1) is 34.0. The number of nitrogens with one attached hydrogen (secondary N) is 1. The number of aryl methyl sites for hydroxylation is 1. The van der Waals surface area contributed by atoms with Crippen molar-refractivity contribution in [2.45, 2.75) is 63.8 Å². The van der Waals surface area contributed by atoms with Crippen LogP contribution in [-0.4, -0.2) is 40.2 Å². The average molecular weight is 674 g/mol. The van der Waals surface area contributed by atoms with Gasteiger partial charge in [0.1, 0.15) is 12.9 Å².